The summed E-state index contributed by atoms with van der Waals surface area (Å²) >= 11 is 0. The van der Waals surface area contributed by atoms with Gasteiger partial charge in [0.15, 0.2) is 0 Å². The highest BCUT2D eigenvalue weighted by molar-refractivity contribution is 5.58. The molecule has 5 heteroatoms. The Labute approximate surface area is 111 Å². The topological polar surface area (TPSA) is 57.4 Å². The van der Waals surface area contributed by atoms with Crippen LogP contribution in [0.3, 0.4) is 0 Å². The molecular weight excluding hydrogens is 244 g/mol. The van der Waals surface area contributed by atoms with Crippen molar-refractivity contribution in [3.63, 3.8) is 0 Å². The maximum absolute atomic E-state index is 5.48. The van der Waals surface area contributed by atoms with Crippen LogP contribution >= 0.6 is 0 Å². The molecule has 3 rings (SSSR count). The number of nitrogens with zero attached hydrogens (tertiary/aromatic N) is 2. The molecule has 0 radical (unpaired) electrons. The van der Waals surface area contributed by atoms with E-state index in [-0.39, 0.29) is 6.10 Å². The average Bonchev–Trinajstić information content (AvgIpc) is 3.07. The zero-order chi connectivity index (χ0) is 13.2. The minimum Gasteiger partial charge on any atom is -0.493 e. The third-order valence-electron chi connectivity index (χ3n) is 3.16. The normalized spacial score (nSPS) is 15.1. The predicted molar refractivity (Wildman–Crippen MR) is 69.0 cm³/mol. The summed E-state index contributed by atoms with van der Waals surface area (Å²) in [5, 5.41) is 3.96. The summed E-state index contributed by atoms with van der Waals surface area (Å²) in [6.45, 7) is 5.23. The lowest BCUT2D eigenvalue weighted by Crippen LogP contribution is -2.01. The molecule has 0 unspecified atom stereocenters. The van der Waals surface area contributed by atoms with Gasteiger partial charge in [0.2, 0.25) is 5.82 Å². The van der Waals surface area contributed by atoms with Crippen LogP contribution < -0.4 is 4.74 Å². The van der Waals surface area contributed by atoms with E-state index in [0.29, 0.717) is 18.3 Å². The molecule has 0 aliphatic carbocycles. The molecule has 1 aromatic heterocycles. The number of fused-ring (bicyclic) bond motifs is 1. The van der Waals surface area contributed by atoms with Crippen molar-refractivity contribution >= 4 is 0 Å². The Bertz CT molecular complexity index is 580. The molecule has 5 nitrogen and oxygen atoms in total. The van der Waals surface area contributed by atoms with Crippen molar-refractivity contribution in [2.45, 2.75) is 26.4 Å². The van der Waals surface area contributed by atoms with Gasteiger partial charge in [0.25, 0.3) is 5.89 Å². The number of benzene rings is 1. The van der Waals surface area contributed by atoms with Crippen LogP contribution in [0.4, 0.5) is 0 Å². The summed E-state index contributed by atoms with van der Waals surface area (Å²) in [5.74, 6) is 2.05. The van der Waals surface area contributed by atoms with E-state index < -0.39 is 0 Å². The molecule has 100 valence electrons. The van der Waals surface area contributed by atoms with Crippen molar-refractivity contribution in [3.05, 3.63) is 29.6 Å². The number of hydrogen-bond donors (Lipinski definition) is 0. The molecule has 1 aliphatic rings. The molecule has 1 aliphatic heterocycles. The maximum atomic E-state index is 5.48. The first kappa shape index (κ1) is 12.2. The predicted octanol–water partition coefficient (Wildman–Crippen LogP) is 2.77. The van der Waals surface area contributed by atoms with Crippen molar-refractivity contribution in [1.82, 2.24) is 10.1 Å². The Morgan fingerprint density at radius 3 is 3.16 bits per heavy atom. The van der Waals surface area contributed by atoms with E-state index in [4.69, 9.17) is 14.0 Å². The number of aromatic nitrogens is 2. The van der Waals surface area contributed by atoms with Gasteiger partial charge in [0.05, 0.1) is 6.61 Å². The number of rotatable bonds is 4. The van der Waals surface area contributed by atoms with E-state index in [9.17, 15) is 0 Å². The van der Waals surface area contributed by atoms with E-state index in [1.165, 1.54) is 5.56 Å². The van der Waals surface area contributed by atoms with Crippen molar-refractivity contribution in [3.8, 4) is 17.2 Å². The van der Waals surface area contributed by atoms with Crippen LogP contribution in [0, 0.1) is 0 Å². The lowest BCUT2D eigenvalue weighted by atomic mass is 10.1. The second kappa shape index (κ2) is 5.01. The first-order chi connectivity index (χ1) is 9.28. The minimum absolute atomic E-state index is 0.153. The van der Waals surface area contributed by atoms with Gasteiger partial charge < -0.3 is 14.0 Å². The van der Waals surface area contributed by atoms with Crippen LogP contribution in [0.2, 0.25) is 0 Å². The highest BCUT2D eigenvalue weighted by Gasteiger charge is 2.17. The minimum atomic E-state index is -0.153. The molecule has 19 heavy (non-hydrogen) atoms. The van der Waals surface area contributed by atoms with Gasteiger partial charge in [-0.1, -0.05) is 5.16 Å². The van der Waals surface area contributed by atoms with Crippen LogP contribution in [0.5, 0.6) is 5.75 Å². The average molecular weight is 260 g/mol. The van der Waals surface area contributed by atoms with Crippen LogP contribution in [0.25, 0.3) is 11.5 Å². The number of hydrogen-bond acceptors (Lipinski definition) is 5. The molecule has 0 saturated heterocycles. The highest BCUT2D eigenvalue weighted by atomic mass is 16.5. The molecule has 0 N–H and O–H groups in total. The first-order valence-corrected chi connectivity index (χ1v) is 6.49. The molecular formula is C14H16N2O3. The second-order valence-corrected chi connectivity index (χ2v) is 4.48. The van der Waals surface area contributed by atoms with Crippen LogP contribution in [-0.4, -0.2) is 23.4 Å². The summed E-state index contributed by atoms with van der Waals surface area (Å²) in [6.07, 6.45) is 0.778. The van der Waals surface area contributed by atoms with Crippen LogP contribution in [0.1, 0.15) is 31.3 Å². The summed E-state index contributed by atoms with van der Waals surface area (Å²) < 4.78 is 16.2. The largest absolute Gasteiger partial charge is 0.493 e. The van der Waals surface area contributed by atoms with E-state index in [1.807, 2.05) is 32.0 Å². The fourth-order valence-electron chi connectivity index (χ4n) is 2.16. The SMILES string of the molecule is CCO[C@H](C)c1noc(-c2ccc3c(c2)CCO3)n1. The Morgan fingerprint density at radius 2 is 2.32 bits per heavy atom. The summed E-state index contributed by atoms with van der Waals surface area (Å²) in [6, 6.07) is 5.94. The molecule has 1 aromatic carbocycles. The third kappa shape index (κ3) is 2.33. The van der Waals surface area contributed by atoms with E-state index in [1.54, 1.807) is 0 Å². The fraction of sp³-hybridized carbons (Fsp3) is 0.429. The smallest absolute Gasteiger partial charge is 0.258 e. The summed E-state index contributed by atoms with van der Waals surface area (Å²) in [5.41, 5.74) is 2.11. The molecule has 0 bridgehead atoms. The Balaban J connectivity index is 1.86. The molecule has 1 atom stereocenters. The quantitative estimate of drug-likeness (QED) is 0.846. The summed E-state index contributed by atoms with van der Waals surface area (Å²) in [7, 11) is 0. The third-order valence-corrected chi connectivity index (χ3v) is 3.16. The zero-order valence-electron chi connectivity index (χ0n) is 11.0. The lowest BCUT2D eigenvalue weighted by molar-refractivity contribution is 0.0683. The molecule has 0 fully saturated rings. The maximum Gasteiger partial charge on any atom is 0.258 e. The van der Waals surface area contributed by atoms with Crippen molar-refractivity contribution in [2.75, 3.05) is 13.2 Å². The van der Waals surface area contributed by atoms with Gasteiger partial charge in [-0.05, 0) is 37.6 Å². The van der Waals surface area contributed by atoms with Crippen molar-refractivity contribution in [2.24, 2.45) is 0 Å². The van der Waals surface area contributed by atoms with E-state index in [2.05, 4.69) is 10.1 Å². The lowest BCUT2D eigenvalue weighted by Gasteiger charge is -2.04. The molecule has 2 aromatic rings. The molecule has 0 amide bonds. The van der Waals surface area contributed by atoms with Crippen LogP contribution in [-0.2, 0) is 11.2 Å². The van der Waals surface area contributed by atoms with Gasteiger partial charge in [0, 0.05) is 18.6 Å². The van der Waals surface area contributed by atoms with Gasteiger partial charge in [-0.25, -0.2) is 0 Å². The van der Waals surface area contributed by atoms with Gasteiger partial charge in [-0.2, -0.15) is 4.98 Å². The summed E-state index contributed by atoms with van der Waals surface area (Å²) in [4.78, 5) is 4.38. The van der Waals surface area contributed by atoms with Crippen LogP contribution in [0.15, 0.2) is 22.7 Å². The standard InChI is InChI=1S/C14H16N2O3/c1-3-17-9(2)13-15-14(19-16-13)11-4-5-12-10(8-11)6-7-18-12/h4-5,8-9H,3,6-7H2,1-2H3/t9-/m1/s1. The Morgan fingerprint density at radius 1 is 1.42 bits per heavy atom. The second-order valence-electron chi connectivity index (χ2n) is 4.48. The molecule has 0 saturated carbocycles. The van der Waals surface area contributed by atoms with Crippen molar-refractivity contribution in [1.29, 1.82) is 0 Å². The monoisotopic (exact) mass is 260 g/mol. The van der Waals surface area contributed by atoms with E-state index in [0.717, 1.165) is 24.3 Å². The van der Waals surface area contributed by atoms with Crippen molar-refractivity contribution < 1.29 is 14.0 Å². The van der Waals surface area contributed by atoms with Gasteiger partial charge in [-0.15, -0.1) is 0 Å². The van der Waals surface area contributed by atoms with E-state index >= 15 is 0 Å². The van der Waals surface area contributed by atoms with Gasteiger partial charge in [-0.3, -0.25) is 0 Å². The zero-order valence-corrected chi connectivity index (χ0v) is 11.0. The van der Waals surface area contributed by atoms with Gasteiger partial charge in [0.1, 0.15) is 11.9 Å². The molecule has 2 heterocycles. The highest BCUT2D eigenvalue weighted by Crippen LogP contribution is 2.30. The Hall–Kier alpha value is -1.88. The molecule has 0 spiro atoms. The van der Waals surface area contributed by atoms with Gasteiger partial charge >= 0.3 is 0 Å². The Kier molecular flexibility index (Phi) is 3.21. The number of ether oxygens (including phenoxy) is 2. The first-order valence-electron chi connectivity index (χ1n) is 6.49. The fourth-order valence-corrected chi connectivity index (χ4v) is 2.16.